The normalized spacial score (nSPS) is 15.4. The number of benzene rings is 1. The van der Waals surface area contributed by atoms with E-state index >= 15 is 4.39 Å². The van der Waals surface area contributed by atoms with Crippen molar-refractivity contribution in [3.05, 3.63) is 76.6 Å². The summed E-state index contributed by atoms with van der Waals surface area (Å²) in [7, 11) is 0. The van der Waals surface area contributed by atoms with Gasteiger partial charge in [0.2, 0.25) is 0 Å². The van der Waals surface area contributed by atoms with Gasteiger partial charge in [0.25, 0.3) is 0 Å². The van der Waals surface area contributed by atoms with Crippen molar-refractivity contribution in [2.75, 3.05) is 0 Å². The molecule has 0 spiro atoms. The van der Waals surface area contributed by atoms with Crippen molar-refractivity contribution in [2.24, 2.45) is 4.99 Å². The fraction of sp³-hybridized carbons (Fsp3) is 0.333. The zero-order valence-corrected chi connectivity index (χ0v) is 20.1. The van der Waals surface area contributed by atoms with Gasteiger partial charge in [-0.05, 0) is 51.3 Å². The Labute approximate surface area is 202 Å². The molecule has 2 N–H and O–H groups in total. The van der Waals surface area contributed by atoms with Gasteiger partial charge in [-0.1, -0.05) is 30.6 Å². The Bertz CT molecular complexity index is 1420. The largest absolute Gasteiger partial charge is 0.373 e. The van der Waals surface area contributed by atoms with E-state index in [0.29, 0.717) is 51.7 Å². The number of hydrogen-bond donors (Lipinski definition) is 2. The van der Waals surface area contributed by atoms with Crippen LogP contribution in [0.3, 0.4) is 0 Å². The zero-order chi connectivity index (χ0) is 24.6. The van der Waals surface area contributed by atoms with E-state index in [1.165, 1.54) is 0 Å². The first-order chi connectivity index (χ1) is 16.9. The van der Waals surface area contributed by atoms with Gasteiger partial charge >= 0.3 is 0 Å². The Hall–Kier alpha value is -3.65. The van der Waals surface area contributed by atoms with E-state index < -0.39 is 11.4 Å². The van der Waals surface area contributed by atoms with Crippen molar-refractivity contribution < 1.29 is 14.0 Å². The lowest BCUT2D eigenvalue weighted by atomic mass is 9.83. The highest BCUT2D eigenvalue weighted by atomic mass is 19.1. The van der Waals surface area contributed by atoms with Gasteiger partial charge in [0, 0.05) is 30.0 Å². The Morgan fingerprint density at radius 3 is 2.74 bits per heavy atom. The molecular formula is C27H28FN5O2. The number of nitrogens with zero attached hydrogens (tertiary/aromatic N) is 4. The third kappa shape index (κ3) is 3.87. The van der Waals surface area contributed by atoms with Crippen LogP contribution < -0.4 is 0 Å². The van der Waals surface area contributed by atoms with Crippen molar-refractivity contribution in [3.63, 3.8) is 0 Å². The highest BCUT2D eigenvalue weighted by Crippen LogP contribution is 2.44. The van der Waals surface area contributed by atoms with Gasteiger partial charge < -0.3 is 14.6 Å². The monoisotopic (exact) mass is 473 g/mol. The number of halogens is 1. The third-order valence-corrected chi connectivity index (χ3v) is 6.48. The van der Waals surface area contributed by atoms with Crippen LogP contribution >= 0.6 is 0 Å². The maximum absolute atomic E-state index is 16.1. The Morgan fingerprint density at radius 1 is 1.23 bits per heavy atom. The van der Waals surface area contributed by atoms with Gasteiger partial charge in [-0.3, -0.25) is 9.98 Å². The summed E-state index contributed by atoms with van der Waals surface area (Å²) in [4.78, 5) is 17.0. The van der Waals surface area contributed by atoms with Crippen LogP contribution in [0.5, 0.6) is 0 Å². The van der Waals surface area contributed by atoms with Crippen molar-refractivity contribution in [3.8, 4) is 11.1 Å². The summed E-state index contributed by atoms with van der Waals surface area (Å²) < 4.78 is 21.4. The molecule has 1 aromatic carbocycles. The summed E-state index contributed by atoms with van der Waals surface area (Å²) in [6.07, 6.45) is 9.41. The van der Waals surface area contributed by atoms with Crippen LogP contribution in [-0.4, -0.2) is 31.4 Å². The minimum atomic E-state index is -1.74. The SMILES string of the molecule is CCCCc1nc2c(C(O)(C3=CCCC=N3)c3ccccn3)cc(-c3c(C)noc3C)c(F)c2[nH]1. The highest BCUT2D eigenvalue weighted by Gasteiger charge is 2.41. The van der Waals surface area contributed by atoms with Crippen LogP contribution in [0.15, 0.2) is 51.8 Å². The second-order valence-electron chi connectivity index (χ2n) is 8.90. The second-order valence-corrected chi connectivity index (χ2v) is 8.90. The molecular weight excluding hydrogens is 445 g/mol. The van der Waals surface area contributed by atoms with Gasteiger partial charge in [-0.15, -0.1) is 0 Å². The summed E-state index contributed by atoms with van der Waals surface area (Å²) >= 11 is 0. The number of hydrogen-bond acceptors (Lipinski definition) is 6. The number of aromatic nitrogens is 4. The first-order valence-corrected chi connectivity index (χ1v) is 12.0. The third-order valence-electron chi connectivity index (χ3n) is 6.48. The molecule has 3 aromatic heterocycles. The average molecular weight is 474 g/mol. The lowest BCUT2D eigenvalue weighted by Gasteiger charge is -2.30. The number of aliphatic hydroxyl groups is 1. The minimum absolute atomic E-state index is 0.235. The van der Waals surface area contributed by atoms with Gasteiger partial charge in [0.05, 0.1) is 28.2 Å². The highest BCUT2D eigenvalue weighted by molar-refractivity contribution is 5.89. The number of imidazole rings is 1. The van der Waals surface area contributed by atoms with Crippen LogP contribution in [0.4, 0.5) is 4.39 Å². The maximum Gasteiger partial charge on any atom is 0.176 e. The number of fused-ring (bicyclic) bond motifs is 1. The smallest absolute Gasteiger partial charge is 0.176 e. The summed E-state index contributed by atoms with van der Waals surface area (Å²) in [6.45, 7) is 5.61. The van der Waals surface area contributed by atoms with Crippen molar-refractivity contribution in [1.29, 1.82) is 0 Å². The van der Waals surface area contributed by atoms with E-state index in [2.05, 4.69) is 27.0 Å². The van der Waals surface area contributed by atoms with Crippen LogP contribution in [0.2, 0.25) is 0 Å². The Morgan fingerprint density at radius 2 is 2.09 bits per heavy atom. The molecule has 35 heavy (non-hydrogen) atoms. The fourth-order valence-electron chi connectivity index (χ4n) is 4.71. The van der Waals surface area contributed by atoms with E-state index in [9.17, 15) is 5.11 Å². The Kier molecular flexibility index (Phi) is 6.06. The van der Waals surface area contributed by atoms with Crippen LogP contribution in [-0.2, 0) is 12.0 Å². The van der Waals surface area contributed by atoms with Crippen LogP contribution in [0, 0.1) is 19.7 Å². The standard InChI is InChI=1S/C27H28FN5O2/c1-4-5-12-22-31-25-19(15-18(24(28)26(25)32-22)23-16(2)33-35-17(23)3)27(34,20-10-6-8-13-29-20)21-11-7-9-14-30-21/h6,8,10-11,13-15,34H,4-5,7,9,12H2,1-3H3,(H,31,32). The molecule has 7 nitrogen and oxygen atoms in total. The topological polar surface area (TPSA) is 100 Å². The molecule has 4 aromatic rings. The molecule has 4 heterocycles. The molecule has 1 aliphatic rings. The number of H-pyrrole nitrogens is 1. The second kappa shape index (κ2) is 9.19. The molecule has 0 saturated carbocycles. The average Bonchev–Trinajstić information content (AvgIpc) is 3.47. The van der Waals surface area contributed by atoms with E-state index in [-0.39, 0.29) is 11.1 Å². The molecule has 8 heteroatoms. The molecule has 0 aliphatic carbocycles. The number of unbranched alkanes of at least 4 members (excludes halogenated alkanes) is 1. The predicted octanol–water partition coefficient (Wildman–Crippen LogP) is 5.70. The van der Waals surface area contributed by atoms with Gasteiger partial charge in [0.15, 0.2) is 11.4 Å². The number of aromatic amines is 1. The molecule has 0 bridgehead atoms. The number of aliphatic imine (C=N–C) groups is 1. The minimum Gasteiger partial charge on any atom is -0.373 e. The molecule has 180 valence electrons. The zero-order valence-electron chi connectivity index (χ0n) is 20.1. The maximum atomic E-state index is 16.1. The van der Waals surface area contributed by atoms with Gasteiger partial charge in [0.1, 0.15) is 17.1 Å². The number of rotatable bonds is 7. The molecule has 5 rings (SSSR count). The quantitative estimate of drug-likeness (QED) is 0.359. The molecule has 0 amide bonds. The molecule has 0 fully saturated rings. The first-order valence-electron chi connectivity index (χ1n) is 12.0. The summed E-state index contributed by atoms with van der Waals surface area (Å²) in [6, 6.07) is 7.00. The van der Waals surface area contributed by atoms with Crippen molar-refractivity contribution in [2.45, 2.75) is 58.5 Å². The summed E-state index contributed by atoms with van der Waals surface area (Å²) in [5, 5.41) is 16.5. The molecule has 1 aliphatic heterocycles. The van der Waals surface area contributed by atoms with Gasteiger partial charge in [-0.25, -0.2) is 9.37 Å². The van der Waals surface area contributed by atoms with Crippen molar-refractivity contribution in [1.82, 2.24) is 20.1 Å². The number of pyridine rings is 1. The van der Waals surface area contributed by atoms with E-state index in [1.807, 2.05) is 12.1 Å². The molecule has 1 unspecified atom stereocenters. The van der Waals surface area contributed by atoms with Crippen LogP contribution in [0.25, 0.3) is 22.2 Å². The molecule has 0 saturated heterocycles. The van der Waals surface area contributed by atoms with Crippen LogP contribution in [0.1, 0.15) is 61.1 Å². The summed E-state index contributed by atoms with van der Waals surface area (Å²) in [5.74, 6) is 0.703. The lowest BCUT2D eigenvalue weighted by Crippen LogP contribution is -2.31. The number of aryl methyl sites for hydroxylation is 3. The summed E-state index contributed by atoms with van der Waals surface area (Å²) in [5.41, 5.74) is 1.50. The number of nitrogens with one attached hydrogen (secondary N) is 1. The van der Waals surface area contributed by atoms with E-state index in [4.69, 9.17) is 9.51 Å². The van der Waals surface area contributed by atoms with Crippen molar-refractivity contribution >= 4 is 17.2 Å². The Balaban J connectivity index is 1.87. The van der Waals surface area contributed by atoms with Gasteiger partial charge in [-0.2, -0.15) is 0 Å². The molecule has 0 radical (unpaired) electrons. The first kappa shape index (κ1) is 23.1. The van der Waals surface area contributed by atoms with E-state index in [1.54, 1.807) is 44.5 Å². The predicted molar refractivity (Wildman–Crippen MR) is 133 cm³/mol. The lowest BCUT2D eigenvalue weighted by molar-refractivity contribution is 0.115. The number of allylic oxidation sites excluding steroid dienone is 1. The molecule has 1 atom stereocenters. The fourth-order valence-corrected chi connectivity index (χ4v) is 4.71. The van der Waals surface area contributed by atoms with E-state index in [0.717, 1.165) is 25.7 Å².